The van der Waals surface area contributed by atoms with Crippen molar-refractivity contribution < 1.29 is 4.79 Å². The molecule has 2 aromatic rings. The van der Waals surface area contributed by atoms with E-state index in [1.807, 2.05) is 36.0 Å². The summed E-state index contributed by atoms with van der Waals surface area (Å²) in [5, 5.41) is 5.25. The van der Waals surface area contributed by atoms with Crippen molar-refractivity contribution in [2.45, 2.75) is 18.9 Å². The molecule has 1 aromatic carbocycles. The SMILES string of the molecule is O=C(NC1CCSCC1)c1cc2ccccc2c(Cl)n1. The standard InChI is InChI=1S/C15H15ClN2OS/c16-14-12-4-2-1-3-10(12)9-13(18-14)15(19)17-11-5-7-20-8-6-11/h1-4,9,11H,5-8H2,(H,17,19). The highest BCUT2D eigenvalue weighted by Gasteiger charge is 2.18. The molecule has 104 valence electrons. The summed E-state index contributed by atoms with van der Waals surface area (Å²) in [4.78, 5) is 16.5. The van der Waals surface area contributed by atoms with E-state index in [0.717, 1.165) is 35.1 Å². The number of carbonyl (C=O) groups excluding carboxylic acids is 1. The van der Waals surface area contributed by atoms with Gasteiger partial charge in [0.1, 0.15) is 10.8 Å². The number of halogens is 1. The molecule has 5 heteroatoms. The van der Waals surface area contributed by atoms with Crippen LogP contribution in [0.15, 0.2) is 30.3 Å². The van der Waals surface area contributed by atoms with Gasteiger partial charge in [-0.3, -0.25) is 4.79 Å². The number of hydrogen-bond donors (Lipinski definition) is 1. The first-order valence-electron chi connectivity index (χ1n) is 6.68. The van der Waals surface area contributed by atoms with Crippen LogP contribution in [0, 0.1) is 0 Å². The Morgan fingerprint density at radius 1 is 1.30 bits per heavy atom. The average molecular weight is 307 g/mol. The Morgan fingerprint density at radius 2 is 2.05 bits per heavy atom. The third-order valence-electron chi connectivity index (χ3n) is 3.48. The van der Waals surface area contributed by atoms with Crippen LogP contribution in [0.25, 0.3) is 10.8 Å². The van der Waals surface area contributed by atoms with Gasteiger partial charge in [0.15, 0.2) is 0 Å². The van der Waals surface area contributed by atoms with E-state index in [1.54, 1.807) is 6.07 Å². The Balaban J connectivity index is 1.84. The lowest BCUT2D eigenvalue weighted by molar-refractivity contribution is 0.0930. The monoisotopic (exact) mass is 306 g/mol. The minimum Gasteiger partial charge on any atom is -0.348 e. The zero-order valence-electron chi connectivity index (χ0n) is 10.9. The number of fused-ring (bicyclic) bond motifs is 1. The van der Waals surface area contributed by atoms with Crippen LogP contribution in [0.1, 0.15) is 23.3 Å². The van der Waals surface area contributed by atoms with E-state index >= 15 is 0 Å². The largest absolute Gasteiger partial charge is 0.348 e. The van der Waals surface area contributed by atoms with Gasteiger partial charge in [-0.1, -0.05) is 35.9 Å². The lowest BCUT2D eigenvalue weighted by Gasteiger charge is -2.22. The van der Waals surface area contributed by atoms with Gasteiger partial charge in [0, 0.05) is 11.4 Å². The van der Waals surface area contributed by atoms with Crippen molar-refractivity contribution in [1.82, 2.24) is 10.3 Å². The van der Waals surface area contributed by atoms with Gasteiger partial charge in [0.25, 0.3) is 5.91 Å². The number of carbonyl (C=O) groups is 1. The number of benzene rings is 1. The molecule has 3 rings (SSSR count). The molecule has 1 aromatic heterocycles. The first-order chi connectivity index (χ1) is 9.74. The molecule has 1 N–H and O–H groups in total. The summed E-state index contributed by atoms with van der Waals surface area (Å²) in [7, 11) is 0. The smallest absolute Gasteiger partial charge is 0.270 e. The quantitative estimate of drug-likeness (QED) is 0.863. The number of pyridine rings is 1. The zero-order chi connectivity index (χ0) is 13.9. The van der Waals surface area contributed by atoms with Crippen LogP contribution in [-0.2, 0) is 0 Å². The van der Waals surface area contributed by atoms with Crippen LogP contribution >= 0.6 is 23.4 Å². The molecule has 0 bridgehead atoms. The van der Waals surface area contributed by atoms with Crippen molar-refractivity contribution in [3.8, 4) is 0 Å². The molecule has 0 atom stereocenters. The molecule has 0 aliphatic carbocycles. The zero-order valence-corrected chi connectivity index (χ0v) is 12.5. The summed E-state index contributed by atoms with van der Waals surface area (Å²) in [5.41, 5.74) is 0.395. The Labute approximate surface area is 127 Å². The predicted octanol–water partition coefficient (Wildman–Crippen LogP) is 3.51. The van der Waals surface area contributed by atoms with Gasteiger partial charge in [-0.05, 0) is 35.8 Å². The highest BCUT2D eigenvalue weighted by molar-refractivity contribution is 7.99. The number of nitrogens with zero attached hydrogens (tertiary/aromatic N) is 1. The minimum absolute atomic E-state index is 0.130. The molecule has 1 aliphatic rings. The molecule has 0 saturated carbocycles. The fourth-order valence-corrected chi connectivity index (χ4v) is 3.74. The summed E-state index contributed by atoms with van der Waals surface area (Å²) in [5.74, 6) is 2.09. The van der Waals surface area contributed by atoms with Crippen molar-refractivity contribution in [2.75, 3.05) is 11.5 Å². The molecule has 0 spiro atoms. The van der Waals surface area contributed by atoms with Crippen molar-refractivity contribution >= 4 is 40.0 Å². The number of thioether (sulfide) groups is 1. The van der Waals surface area contributed by atoms with Crippen molar-refractivity contribution in [1.29, 1.82) is 0 Å². The summed E-state index contributed by atoms with van der Waals surface area (Å²) in [6.45, 7) is 0. The molecule has 1 fully saturated rings. The van der Waals surface area contributed by atoms with E-state index in [0.29, 0.717) is 10.8 Å². The van der Waals surface area contributed by atoms with Crippen LogP contribution in [0.4, 0.5) is 0 Å². The van der Waals surface area contributed by atoms with Gasteiger partial charge in [0.05, 0.1) is 0 Å². The third-order valence-corrected chi connectivity index (χ3v) is 4.82. The number of amides is 1. The summed E-state index contributed by atoms with van der Waals surface area (Å²) >= 11 is 8.09. The Bertz CT molecular complexity index is 641. The van der Waals surface area contributed by atoms with Gasteiger partial charge >= 0.3 is 0 Å². The molecule has 1 saturated heterocycles. The van der Waals surface area contributed by atoms with E-state index in [9.17, 15) is 4.79 Å². The van der Waals surface area contributed by atoms with Crippen LogP contribution in [-0.4, -0.2) is 28.4 Å². The average Bonchev–Trinajstić information content (AvgIpc) is 2.48. The normalized spacial score (nSPS) is 16.2. The first kappa shape index (κ1) is 13.7. The lowest BCUT2D eigenvalue weighted by Crippen LogP contribution is -2.37. The number of aromatic nitrogens is 1. The van der Waals surface area contributed by atoms with Crippen molar-refractivity contribution in [3.63, 3.8) is 0 Å². The van der Waals surface area contributed by atoms with E-state index in [4.69, 9.17) is 11.6 Å². The molecule has 0 radical (unpaired) electrons. The van der Waals surface area contributed by atoms with Gasteiger partial charge in [-0.15, -0.1) is 0 Å². The van der Waals surface area contributed by atoms with Crippen molar-refractivity contribution in [2.24, 2.45) is 0 Å². The van der Waals surface area contributed by atoms with E-state index in [1.165, 1.54) is 0 Å². The van der Waals surface area contributed by atoms with E-state index in [-0.39, 0.29) is 11.9 Å². The maximum atomic E-state index is 12.3. The molecule has 1 amide bonds. The Hall–Kier alpha value is -1.26. The van der Waals surface area contributed by atoms with E-state index in [2.05, 4.69) is 10.3 Å². The van der Waals surface area contributed by atoms with Crippen LogP contribution in [0.2, 0.25) is 5.15 Å². The highest BCUT2D eigenvalue weighted by Crippen LogP contribution is 2.23. The second-order valence-electron chi connectivity index (χ2n) is 4.88. The van der Waals surface area contributed by atoms with Gasteiger partial charge < -0.3 is 5.32 Å². The molecule has 1 aliphatic heterocycles. The Kier molecular flexibility index (Phi) is 4.13. The second kappa shape index (κ2) is 6.02. The summed E-state index contributed by atoms with van der Waals surface area (Å²) < 4.78 is 0. The Morgan fingerprint density at radius 3 is 2.85 bits per heavy atom. The molecule has 0 unspecified atom stereocenters. The maximum absolute atomic E-state index is 12.3. The molecule has 3 nitrogen and oxygen atoms in total. The fourth-order valence-electron chi connectivity index (χ4n) is 2.37. The predicted molar refractivity (Wildman–Crippen MR) is 84.6 cm³/mol. The third kappa shape index (κ3) is 2.91. The van der Waals surface area contributed by atoms with Crippen LogP contribution in [0.5, 0.6) is 0 Å². The fraction of sp³-hybridized carbons (Fsp3) is 0.333. The number of hydrogen-bond acceptors (Lipinski definition) is 3. The molecule has 20 heavy (non-hydrogen) atoms. The van der Waals surface area contributed by atoms with Gasteiger partial charge in [-0.25, -0.2) is 4.98 Å². The van der Waals surface area contributed by atoms with Crippen LogP contribution in [0.3, 0.4) is 0 Å². The number of nitrogens with one attached hydrogen (secondary N) is 1. The maximum Gasteiger partial charge on any atom is 0.270 e. The topological polar surface area (TPSA) is 42.0 Å². The molecular weight excluding hydrogens is 292 g/mol. The molecule has 2 heterocycles. The summed E-state index contributed by atoms with van der Waals surface area (Å²) in [6.07, 6.45) is 2.05. The van der Waals surface area contributed by atoms with Gasteiger partial charge in [0.2, 0.25) is 0 Å². The van der Waals surface area contributed by atoms with E-state index < -0.39 is 0 Å². The van der Waals surface area contributed by atoms with Gasteiger partial charge in [-0.2, -0.15) is 11.8 Å². The highest BCUT2D eigenvalue weighted by atomic mass is 35.5. The number of rotatable bonds is 2. The second-order valence-corrected chi connectivity index (χ2v) is 6.46. The van der Waals surface area contributed by atoms with Crippen molar-refractivity contribution in [3.05, 3.63) is 41.2 Å². The first-order valence-corrected chi connectivity index (χ1v) is 8.21. The minimum atomic E-state index is -0.130. The summed E-state index contributed by atoms with van der Waals surface area (Å²) in [6, 6.07) is 9.75. The lowest BCUT2D eigenvalue weighted by atomic mass is 10.1. The molecular formula is C15H15ClN2OS. The van der Waals surface area contributed by atoms with Crippen LogP contribution < -0.4 is 5.32 Å².